The second-order valence-corrected chi connectivity index (χ2v) is 6.46. The van der Waals surface area contributed by atoms with Crippen molar-refractivity contribution in [2.24, 2.45) is 0 Å². The van der Waals surface area contributed by atoms with Crippen LogP contribution in [0.3, 0.4) is 0 Å². The Morgan fingerprint density at radius 3 is 2.80 bits per heavy atom. The van der Waals surface area contributed by atoms with Crippen molar-refractivity contribution < 1.29 is 9.53 Å². The third-order valence-corrected chi connectivity index (χ3v) is 4.63. The number of aromatic amines is 1. The van der Waals surface area contributed by atoms with Crippen molar-refractivity contribution >= 4 is 23.2 Å². The van der Waals surface area contributed by atoms with Gasteiger partial charge in [-0.15, -0.1) is 0 Å². The van der Waals surface area contributed by atoms with Gasteiger partial charge in [-0.3, -0.25) is 9.59 Å². The highest BCUT2D eigenvalue weighted by Crippen LogP contribution is 2.29. The molecule has 1 aliphatic rings. The highest BCUT2D eigenvalue weighted by atomic mass is 35.5. The van der Waals surface area contributed by atoms with Crippen molar-refractivity contribution in [3.63, 3.8) is 0 Å². The molecule has 1 unspecified atom stereocenters. The molecule has 1 aromatic heterocycles. The fraction of sp³-hybridized carbons (Fsp3) is 0.333. The van der Waals surface area contributed by atoms with Crippen molar-refractivity contribution in [3.05, 3.63) is 57.5 Å². The van der Waals surface area contributed by atoms with Gasteiger partial charge in [0, 0.05) is 31.9 Å². The van der Waals surface area contributed by atoms with E-state index < -0.39 is 5.56 Å². The zero-order chi connectivity index (χ0) is 18.0. The fourth-order valence-electron chi connectivity index (χ4n) is 3.14. The Labute approximate surface area is 151 Å². The molecule has 0 radical (unpaired) electrons. The first-order chi connectivity index (χ1) is 12.0. The topological polar surface area (TPSA) is 65.6 Å². The maximum atomic E-state index is 12.8. The maximum absolute atomic E-state index is 12.8. The van der Waals surface area contributed by atoms with E-state index >= 15 is 0 Å². The van der Waals surface area contributed by atoms with E-state index in [0.717, 1.165) is 11.4 Å². The number of rotatable bonds is 3. The quantitative estimate of drug-likeness (QED) is 0.911. The van der Waals surface area contributed by atoms with Crippen LogP contribution in [0.25, 0.3) is 0 Å². The molecule has 3 rings (SSSR count). The molecule has 6 nitrogen and oxygen atoms in total. The zero-order valence-corrected chi connectivity index (χ0v) is 14.9. The number of halogens is 1. The number of carbonyl (C=O) groups is 1. The number of carbonyl (C=O) groups excluding carboxylic acids is 1. The fourth-order valence-corrected chi connectivity index (χ4v) is 3.30. The lowest BCUT2D eigenvalue weighted by molar-refractivity contribution is 0.0672. The Bertz CT molecular complexity index is 836. The standard InChI is InChI=1S/C18H20ClN3O3/c1-12-11-21(15-5-3-4-6-16(15)25-2)7-8-22(12)18(24)14-9-13(19)10-20-17(14)23/h3-6,9-10,12H,7-8,11H2,1-2H3,(H,20,23). The van der Waals surface area contributed by atoms with Gasteiger partial charge in [0.15, 0.2) is 0 Å². The zero-order valence-electron chi connectivity index (χ0n) is 14.2. The third-order valence-electron chi connectivity index (χ3n) is 4.41. The third kappa shape index (κ3) is 3.49. The average Bonchev–Trinajstić information content (AvgIpc) is 2.63. The Hall–Kier alpha value is -2.47. The van der Waals surface area contributed by atoms with E-state index in [2.05, 4.69) is 9.88 Å². The molecule has 1 amide bonds. The summed E-state index contributed by atoms with van der Waals surface area (Å²) in [6.07, 6.45) is 1.38. The normalized spacial score (nSPS) is 17.5. The molecule has 0 bridgehead atoms. The van der Waals surface area contributed by atoms with E-state index in [4.69, 9.17) is 16.3 Å². The molecule has 132 valence electrons. The summed E-state index contributed by atoms with van der Waals surface area (Å²) in [6.45, 7) is 3.81. The highest BCUT2D eigenvalue weighted by Gasteiger charge is 2.30. The van der Waals surface area contributed by atoms with E-state index in [1.165, 1.54) is 12.3 Å². The molecule has 1 N–H and O–H groups in total. The summed E-state index contributed by atoms with van der Waals surface area (Å²) in [5.74, 6) is 0.511. The van der Waals surface area contributed by atoms with Gasteiger partial charge in [-0.05, 0) is 25.1 Å². The maximum Gasteiger partial charge on any atom is 0.260 e. The van der Waals surface area contributed by atoms with Crippen LogP contribution in [0.15, 0.2) is 41.3 Å². The van der Waals surface area contributed by atoms with Crippen LogP contribution < -0.4 is 15.2 Å². The van der Waals surface area contributed by atoms with E-state index in [-0.39, 0.29) is 17.5 Å². The number of amides is 1. The van der Waals surface area contributed by atoms with Crippen molar-refractivity contribution in [2.75, 3.05) is 31.6 Å². The van der Waals surface area contributed by atoms with Gasteiger partial charge in [-0.25, -0.2) is 0 Å². The second kappa shape index (κ2) is 7.19. The van der Waals surface area contributed by atoms with Crippen molar-refractivity contribution in [1.29, 1.82) is 0 Å². The number of methoxy groups -OCH3 is 1. The lowest BCUT2D eigenvalue weighted by Gasteiger charge is -2.41. The summed E-state index contributed by atoms with van der Waals surface area (Å²) in [5, 5.41) is 0.336. The van der Waals surface area contributed by atoms with Crippen LogP contribution in [0.4, 0.5) is 5.69 Å². The molecular weight excluding hydrogens is 342 g/mol. The predicted octanol–water partition coefficient (Wildman–Crippen LogP) is 2.39. The van der Waals surface area contributed by atoms with Crippen LogP contribution in [0.2, 0.25) is 5.02 Å². The van der Waals surface area contributed by atoms with Crippen LogP contribution in [0, 0.1) is 0 Å². The SMILES string of the molecule is COc1ccccc1N1CCN(C(=O)c2cc(Cl)c[nH]c2=O)C(C)C1. The predicted molar refractivity (Wildman–Crippen MR) is 97.8 cm³/mol. The van der Waals surface area contributed by atoms with Gasteiger partial charge in [0.2, 0.25) is 0 Å². The van der Waals surface area contributed by atoms with Gasteiger partial charge in [0.25, 0.3) is 11.5 Å². The second-order valence-electron chi connectivity index (χ2n) is 6.03. The minimum atomic E-state index is -0.422. The number of para-hydroxylation sites is 2. The summed E-state index contributed by atoms with van der Waals surface area (Å²) in [6, 6.07) is 9.18. The Kier molecular flexibility index (Phi) is 4.99. The minimum absolute atomic E-state index is 0.0513. The van der Waals surface area contributed by atoms with Gasteiger partial charge in [-0.2, -0.15) is 0 Å². The van der Waals surface area contributed by atoms with E-state index in [0.29, 0.717) is 24.7 Å². The largest absolute Gasteiger partial charge is 0.495 e. The Balaban J connectivity index is 1.79. The molecule has 7 heteroatoms. The summed E-state index contributed by atoms with van der Waals surface area (Å²) in [7, 11) is 1.65. The first-order valence-electron chi connectivity index (χ1n) is 8.08. The summed E-state index contributed by atoms with van der Waals surface area (Å²) < 4.78 is 5.42. The van der Waals surface area contributed by atoms with Gasteiger partial charge < -0.3 is 19.5 Å². The number of benzene rings is 1. The molecule has 1 fully saturated rings. The number of nitrogens with zero attached hydrogens (tertiary/aromatic N) is 2. The molecule has 0 aliphatic carbocycles. The number of aromatic nitrogens is 1. The van der Waals surface area contributed by atoms with Crippen LogP contribution in [0.1, 0.15) is 17.3 Å². The number of pyridine rings is 1. The molecule has 1 atom stereocenters. The number of nitrogens with one attached hydrogen (secondary N) is 1. The van der Waals surface area contributed by atoms with Crippen molar-refractivity contribution in [3.8, 4) is 5.75 Å². The summed E-state index contributed by atoms with van der Waals surface area (Å²) in [4.78, 5) is 31.1. The molecule has 1 aliphatic heterocycles. The number of ether oxygens (including phenoxy) is 1. The number of hydrogen-bond acceptors (Lipinski definition) is 4. The first-order valence-corrected chi connectivity index (χ1v) is 8.46. The van der Waals surface area contributed by atoms with Crippen molar-refractivity contribution in [2.45, 2.75) is 13.0 Å². The molecule has 0 spiro atoms. The smallest absolute Gasteiger partial charge is 0.260 e. The summed E-state index contributed by atoms with van der Waals surface area (Å²) >= 11 is 5.91. The van der Waals surface area contributed by atoms with Gasteiger partial charge in [0.05, 0.1) is 17.8 Å². The van der Waals surface area contributed by atoms with E-state index in [1.807, 2.05) is 31.2 Å². The Morgan fingerprint density at radius 2 is 2.08 bits per heavy atom. The van der Waals surface area contributed by atoms with Gasteiger partial charge in [0.1, 0.15) is 11.3 Å². The molecule has 2 aromatic rings. The van der Waals surface area contributed by atoms with Crippen LogP contribution in [-0.4, -0.2) is 48.6 Å². The van der Waals surface area contributed by atoms with Crippen LogP contribution in [-0.2, 0) is 0 Å². The molecule has 2 heterocycles. The average molecular weight is 362 g/mol. The lowest BCUT2D eigenvalue weighted by Crippen LogP contribution is -2.54. The molecule has 25 heavy (non-hydrogen) atoms. The number of anilines is 1. The molecular formula is C18H20ClN3O3. The number of piperazine rings is 1. The molecule has 1 saturated heterocycles. The van der Waals surface area contributed by atoms with Crippen LogP contribution in [0.5, 0.6) is 5.75 Å². The summed E-state index contributed by atoms with van der Waals surface area (Å²) in [5.41, 5.74) is 0.656. The minimum Gasteiger partial charge on any atom is -0.495 e. The van der Waals surface area contributed by atoms with Gasteiger partial charge >= 0.3 is 0 Å². The number of H-pyrrole nitrogens is 1. The van der Waals surface area contributed by atoms with E-state index in [9.17, 15) is 9.59 Å². The highest BCUT2D eigenvalue weighted by molar-refractivity contribution is 6.30. The first kappa shape index (κ1) is 17.4. The van der Waals surface area contributed by atoms with Crippen molar-refractivity contribution in [1.82, 2.24) is 9.88 Å². The molecule has 1 aromatic carbocycles. The lowest BCUT2D eigenvalue weighted by atomic mass is 10.1. The Morgan fingerprint density at radius 1 is 1.32 bits per heavy atom. The van der Waals surface area contributed by atoms with E-state index in [1.54, 1.807) is 12.0 Å². The van der Waals surface area contributed by atoms with Crippen LogP contribution >= 0.6 is 11.6 Å². The van der Waals surface area contributed by atoms with Gasteiger partial charge in [-0.1, -0.05) is 23.7 Å². The number of hydrogen-bond donors (Lipinski definition) is 1. The monoisotopic (exact) mass is 361 g/mol. The molecule has 0 saturated carbocycles.